The zero-order chi connectivity index (χ0) is 26.4. The maximum Gasteiger partial charge on any atom is 0.251 e. The maximum absolute atomic E-state index is 12.9. The number of rotatable bonds is 4. The fraction of sp³-hybridized carbons (Fsp3) is 0.207. The number of fused-ring (bicyclic) bond motifs is 3. The molecule has 0 aliphatic carbocycles. The second kappa shape index (κ2) is 9.34. The molecule has 3 aromatic heterocycles. The molecule has 2 aromatic carbocycles. The SMILES string of the molecule is Cc1cc2c(-c3ccc4cnc(CNC(=O)c5ccc6c(c5)S(=O)(=O)CCOC6)cc4n3)cccc2n1C. The van der Waals surface area contributed by atoms with E-state index < -0.39 is 9.84 Å². The normalized spacial score (nSPS) is 14.8. The van der Waals surface area contributed by atoms with Crippen molar-refractivity contribution in [3.8, 4) is 11.3 Å². The van der Waals surface area contributed by atoms with Crippen LogP contribution in [-0.2, 0) is 34.8 Å². The third-order valence-corrected chi connectivity index (χ3v) is 8.84. The van der Waals surface area contributed by atoms with Gasteiger partial charge in [-0.15, -0.1) is 0 Å². The molecule has 0 atom stereocenters. The minimum absolute atomic E-state index is 0.0978. The fourth-order valence-corrected chi connectivity index (χ4v) is 6.25. The summed E-state index contributed by atoms with van der Waals surface area (Å²) in [5.74, 6) is -0.470. The van der Waals surface area contributed by atoms with Gasteiger partial charge in [0.15, 0.2) is 9.84 Å². The summed E-state index contributed by atoms with van der Waals surface area (Å²) in [6.45, 7) is 2.62. The van der Waals surface area contributed by atoms with Crippen molar-refractivity contribution in [1.82, 2.24) is 19.9 Å². The molecule has 5 aromatic rings. The van der Waals surface area contributed by atoms with Gasteiger partial charge in [-0.25, -0.2) is 13.4 Å². The molecular weight excluding hydrogens is 500 g/mol. The predicted molar refractivity (Wildman–Crippen MR) is 146 cm³/mol. The Labute approximate surface area is 220 Å². The first kappa shape index (κ1) is 24.3. The predicted octanol–water partition coefficient (Wildman–Crippen LogP) is 4.33. The second-order valence-corrected chi connectivity index (χ2v) is 11.6. The van der Waals surface area contributed by atoms with Crippen LogP contribution in [0, 0.1) is 6.92 Å². The third-order valence-electron chi connectivity index (χ3n) is 7.08. The van der Waals surface area contributed by atoms with E-state index in [4.69, 9.17) is 9.72 Å². The van der Waals surface area contributed by atoms with E-state index in [9.17, 15) is 13.2 Å². The van der Waals surface area contributed by atoms with E-state index in [0.717, 1.165) is 33.1 Å². The Bertz CT molecular complexity index is 1840. The van der Waals surface area contributed by atoms with Gasteiger partial charge in [0.05, 0.1) is 47.3 Å². The number of pyridine rings is 2. The molecule has 192 valence electrons. The Hall–Kier alpha value is -4.08. The van der Waals surface area contributed by atoms with Crippen LogP contribution < -0.4 is 5.32 Å². The summed E-state index contributed by atoms with van der Waals surface area (Å²) in [5.41, 5.74) is 6.53. The van der Waals surface area contributed by atoms with Crippen molar-refractivity contribution in [3.05, 3.63) is 89.4 Å². The van der Waals surface area contributed by atoms with Gasteiger partial charge in [0.2, 0.25) is 0 Å². The highest BCUT2D eigenvalue weighted by Gasteiger charge is 2.23. The lowest BCUT2D eigenvalue weighted by molar-refractivity contribution is 0.0950. The van der Waals surface area contributed by atoms with Gasteiger partial charge in [0.1, 0.15) is 0 Å². The first-order chi connectivity index (χ1) is 18.3. The number of sulfone groups is 1. The molecular formula is C29H26N4O4S. The largest absolute Gasteiger partial charge is 0.376 e. The molecule has 1 aliphatic heterocycles. The number of hydrogen-bond acceptors (Lipinski definition) is 6. The number of carbonyl (C=O) groups is 1. The van der Waals surface area contributed by atoms with Crippen LogP contribution in [0.1, 0.15) is 27.3 Å². The third kappa shape index (κ3) is 4.33. The summed E-state index contributed by atoms with van der Waals surface area (Å²) in [5, 5.41) is 4.90. The minimum Gasteiger partial charge on any atom is -0.376 e. The van der Waals surface area contributed by atoms with Crippen molar-refractivity contribution in [3.63, 3.8) is 0 Å². The summed E-state index contributed by atoms with van der Waals surface area (Å²) in [7, 11) is -1.44. The first-order valence-electron chi connectivity index (χ1n) is 12.3. The van der Waals surface area contributed by atoms with Crippen molar-refractivity contribution < 1.29 is 17.9 Å². The lowest BCUT2D eigenvalue weighted by Gasteiger charge is -2.10. The van der Waals surface area contributed by atoms with Gasteiger partial charge in [0.25, 0.3) is 5.91 Å². The molecule has 8 nitrogen and oxygen atoms in total. The number of benzene rings is 2. The zero-order valence-corrected chi connectivity index (χ0v) is 21.9. The van der Waals surface area contributed by atoms with Gasteiger partial charge in [-0.05, 0) is 55.0 Å². The molecule has 0 bridgehead atoms. The molecule has 4 heterocycles. The van der Waals surface area contributed by atoms with Crippen molar-refractivity contribution in [2.45, 2.75) is 25.0 Å². The summed E-state index contributed by atoms with van der Waals surface area (Å²) >= 11 is 0. The Kier molecular flexibility index (Phi) is 5.97. The van der Waals surface area contributed by atoms with E-state index in [1.54, 1.807) is 18.3 Å². The highest BCUT2D eigenvalue weighted by molar-refractivity contribution is 7.91. The smallest absolute Gasteiger partial charge is 0.251 e. The van der Waals surface area contributed by atoms with E-state index in [-0.39, 0.29) is 41.9 Å². The Balaban J connectivity index is 1.26. The van der Waals surface area contributed by atoms with Crippen molar-refractivity contribution in [1.29, 1.82) is 0 Å². The van der Waals surface area contributed by atoms with Crippen LogP contribution in [0.2, 0.25) is 0 Å². The number of hydrogen-bond donors (Lipinski definition) is 1. The van der Waals surface area contributed by atoms with Crippen LogP contribution in [0.25, 0.3) is 33.1 Å². The highest BCUT2D eigenvalue weighted by atomic mass is 32.2. The number of ether oxygens (including phenoxy) is 1. The van der Waals surface area contributed by atoms with E-state index in [1.165, 1.54) is 11.8 Å². The van der Waals surface area contributed by atoms with Gasteiger partial charge in [-0.2, -0.15) is 0 Å². The van der Waals surface area contributed by atoms with Gasteiger partial charge < -0.3 is 14.6 Å². The Morgan fingerprint density at radius 2 is 1.97 bits per heavy atom. The summed E-state index contributed by atoms with van der Waals surface area (Å²) in [6.07, 6.45) is 1.75. The molecule has 0 radical (unpaired) electrons. The van der Waals surface area contributed by atoms with Crippen LogP contribution in [-0.4, -0.2) is 41.2 Å². The van der Waals surface area contributed by atoms with Gasteiger partial charge >= 0.3 is 0 Å². The zero-order valence-electron chi connectivity index (χ0n) is 21.1. The molecule has 1 aliphatic rings. The molecule has 0 saturated carbocycles. The monoisotopic (exact) mass is 526 g/mol. The average molecular weight is 527 g/mol. The van der Waals surface area contributed by atoms with Crippen LogP contribution >= 0.6 is 0 Å². The molecule has 0 spiro atoms. The lowest BCUT2D eigenvalue weighted by Crippen LogP contribution is -2.23. The minimum atomic E-state index is -3.49. The molecule has 1 N–H and O–H groups in total. The average Bonchev–Trinajstić information content (AvgIpc) is 3.12. The summed E-state index contributed by atoms with van der Waals surface area (Å²) < 4.78 is 32.7. The highest BCUT2D eigenvalue weighted by Crippen LogP contribution is 2.30. The number of aryl methyl sites for hydroxylation is 2. The number of nitrogens with zero attached hydrogens (tertiary/aromatic N) is 3. The lowest BCUT2D eigenvalue weighted by atomic mass is 10.1. The van der Waals surface area contributed by atoms with E-state index >= 15 is 0 Å². The molecule has 6 rings (SSSR count). The van der Waals surface area contributed by atoms with Crippen LogP contribution in [0.5, 0.6) is 0 Å². The number of carbonyl (C=O) groups excluding carboxylic acids is 1. The Morgan fingerprint density at radius 1 is 1.11 bits per heavy atom. The summed E-state index contributed by atoms with van der Waals surface area (Å²) in [6, 6.07) is 18.9. The number of nitrogens with one attached hydrogen (secondary N) is 1. The van der Waals surface area contributed by atoms with E-state index in [2.05, 4.69) is 47.0 Å². The van der Waals surface area contributed by atoms with Gasteiger partial charge in [0, 0.05) is 46.4 Å². The Morgan fingerprint density at radius 3 is 2.84 bits per heavy atom. The molecule has 38 heavy (non-hydrogen) atoms. The topological polar surface area (TPSA) is 103 Å². The molecule has 9 heteroatoms. The van der Waals surface area contributed by atoms with Crippen LogP contribution in [0.4, 0.5) is 0 Å². The summed E-state index contributed by atoms with van der Waals surface area (Å²) in [4.78, 5) is 22.4. The van der Waals surface area contributed by atoms with Crippen molar-refractivity contribution in [2.75, 3.05) is 12.4 Å². The molecule has 1 amide bonds. The standard InChI is InChI=1S/C29H26N4O4S/c1-18-12-24-23(4-3-5-27(24)33(18)2)25-9-8-20-15-30-22(14-26(20)32-25)16-31-29(34)19-6-7-21-17-37-10-11-38(35,36)28(21)13-19/h3-9,12-15H,10-11,16-17H2,1-2H3,(H,31,34). The molecule has 0 fully saturated rings. The van der Waals surface area contributed by atoms with Crippen molar-refractivity contribution >= 4 is 37.6 Å². The number of aromatic nitrogens is 3. The van der Waals surface area contributed by atoms with Crippen molar-refractivity contribution in [2.24, 2.45) is 7.05 Å². The second-order valence-electron chi connectivity index (χ2n) is 9.52. The van der Waals surface area contributed by atoms with E-state index in [1.807, 2.05) is 24.3 Å². The van der Waals surface area contributed by atoms with E-state index in [0.29, 0.717) is 11.3 Å². The number of amides is 1. The maximum atomic E-state index is 12.9. The molecule has 0 unspecified atom stereocenters. The van der Waals surface area contributed by atoms with Crippen LogP contribution in [0.15, 0.2) is 71.8 Å². The van der Waals surface area contributed by atoms with Gasteiger partial charge in [-0.1, -0.05) is 18.2 Å². The first-order valence-corrected chi connectivity index (χ1v) is 14.0. The van der Waals surface area contributed by atoms with Crippen LogP contribution in [0.3, 0.4) is 0 Å². The fourth-order valence-electron chi connectivity index (χ4n) is 4.86. The quantitative estimate of drug-likeness (QED) is 0.374. The van der Waals surface area contributed by atoms with Gasteiger partial charge in [-0.3, -0.25) is 9.78 Å². The molecule has 0 saturated heterocycles.